The first-order valence-corrected chi connectivity index (χ1v) is 8.82. The highest BCUT2D eigenvalue weighted by molar-refractivity contribution is 6.29. The molecule has 0 saturated carbocycles. The lowest BCUT2D eigenvalue weighted by atomic mass is 10.2. The summed E-state index contributed by atoms with van der Waals surface area (Å²) in [7, 11) is 0. The lowest BCUT2D eigenvalue weighted by molar-refractivity contribution is -0.137. The Hall–Kier alpha value is -3.52. The molecular weight excluding hydrogens is 423 g/mol. The van der Waals surface area contributed by atoms with E-state index < -0.39 is 34.5 Å². The number of carbonyl (C=O) groups is 1. The van der Waals surface area contributed by atoms with Gasteiger partial charge in [0.15, 0.2) is 11.6 Å². The highest BCUT2D eigenvalue weighted by Crippen LogP contribution is 2.31. The number of nitrogens with zero attached hydrogens (tertiary/aromatic N) is 6. The Balaban J connectivity index is 1.88. The molecule has 30 heavy (non-hydrogen) atoms. The van der Waals surface area contributed by atoms with Gasteiger partial charge >= 0.3 is 6.18 Å². The molecule has 0 fully saturated rings. The highest BCUT2D eigenvalue weighted by atomic mass is 35.5. The van der Waals surface area contributed by atoms with Crippen LogP contribution in [0.25, 0.3) is 5.82 Å². The molecule has 0 bridgehead atoms. The van der Waals surface area contributed by atoms with Crippen molar-refractivity contribution in [3.63, 3.8) is 0 Å². The van der Waals surface area contributed by atoms with Gasteiger partial charge in [-0.25, -0.2) is 15.0 Å². The van der Waals surface area contributed by atoms with Gasteiger partial charge in [0.25, 0.3) is 5.91 Å². The SMILES string of the molecule is Cc1nc([C@H](C)NC(=O)c2cc(C(F)(F)F)cc(Cl)n2)n(-c2ccc(C#N)cn2)n1. The Bertz CT molecular complexity index is 1140. The number of nitrogens with one attached hydrogen (secondary N) is 1. The van der Waals surface area contributed by atoms with E-state index in [0.29, 0.717) is 29.3 Å². The molecule has 0 aliphatic carbocycles. The number of halogens is 4. The average molecular weight is 436 g/mol. The number of aryl methyl sites for hydroxylation is 1. The summed E-state index contributed by atoms with van der Waals surface area (Å²) >= 11 is 5.64. The van der Waals surface area contributed by atoms with E-state index in [9.17, 15) is 18.0 Å². The molecule has 0 aromatic carbocycles. The normalized spacial score (nSPS) is 12.3. The molecule has 0 aliphatic heterocycles. The quantitative estimate of drug-likeness (QED) is 0.629. The third-order valence-electron chi connectivity index (χ3n) is 3.92. The fourth-order valence-electron chi connectivity index (χ4n) is 2.57. The predicted molar refractivity (Wildman–Crippen MR) is 98.7 cm³/mol. The topological polar surface area (TPSA) is 109 Å². The minimum Gasteiger partial charge on any atom is -0.341 e. The summed E-state index contributed by atoms with van der Waals surface area (Å²) in [5.41, 5.74) is -1.21. The number of pyridine rings is 2. The maximum Gasteiger partial charge on any atom is 0.416 e. The summed E-state index contributed by atoms with van der Waals surface area (Å²) in [5, 5.41) is 15.2. The largest absolute Gasteiger partial charge is 0.416 e. The van der Waals surface area contributed by atoms with Crippen molar-refractivity contribution in [2.45, 2.75) is 26.1 Å². The first kappa shape index (κ1) is 21.2. The van der Waals surface area contributed by atoms with Crippen LogP contribution in [0.15, 0.2) is 30.5 Å². The van der Waals surface area contributed by atoms with Crippen molar-refractivity contribution in [1.29, 1.82) is 5.26 Å². The van der Waals surface area contributed by atoms with Crippen LogP contribution >= 0.6 is 11.6 Å². The van der Waals surface area contributed by atoms with E-state index in [-0.39, 0.29) is 5.82 Å². The molecule has 1 amide bonds. The molecule has 154 valence electrons. The van der Waals surface area contributed by atoms with Crippen LogP contribution in [0.4, 0.5) is 13.2 Å². The summed E-state index contributed by atoms with van der Waals surface area (Å²) in [6.45, 7) is 3.21. The van der Waals surface area contributed by atoms with Crippen LogP contribution < -0.4 is 5.32 Å². The summed E-state index contributed by atoms with van der Waals surface area (Å²) < 4.78 is 40.3. The van der Waals surface area contributed by atoms with Crippen LogP contribution in [0, 0.1) is 18.3 Å². The third kappa shape index (κ3) is 4.55. The van der Waals surface area contributed by atoms with E-state index in [4.69, 9.17) is 16.9 Å². The van der Waals surface area contributed by atoms with Crippen LogP contribution in [-0.2, 0) is 6.18 Å². The summed E-state index contributed by atoms with van der Waals surface area (Å²) in [4.78, 5) is 24.5. The molecule has 3 heterocycles. The van der Waals surface area contributed by atoms with Gasteiger partial charge in [0.05, 0.1) is 17.2 Å². The van der Waals surface area contributed by atoms with E-state index in [0.717, 1.165) is 0 Å². The minimum absolute atomic E-state index is 0.288. The number of hydrogen-bond acceptors (Lipinski definition) is 6. The molecule has 0 spiro atoms. The molecule has 3 aromatic heterocycles. The first-order chi connectivity index (χ1) is 14.1. The Morgan fingerprint density at radius 2 is 2.03 bits per heavy atom. The van der Waals surface area contributed by atoms with Gasteiger partial charge in [-0.05, 0) is 38.1 Å². The zero-order chi connectivity index (χ0) is 22.1. The number of rotatable bonds is 4. The second-order valence-corrected chi connectivity index (χ2v) is 6.59. The van der Waals surface area contributed by atoms with Crippen LogP contribution in [0.1, 0.15) is 46.2 Å². The number of nitriles is 1. The van der Waals surface area contributed by atoms with E-state index >= 15 is 0 Å². The minimum atomic E-state index is -4.67. The second kappa shape index (κ2) is 8.08. The highest BCUT2D eigenvalue weighted by Gasteiger charge is 2.32. The lowest BCUT2D eigenvalue weighted by Gasteiger charge is -2.15. The Labute approximate surface area is 173 Å². The van der Waals surface area contributed by atoms with Crippen molar-refractivity contribution in [3.8, 4) is 11.9 Å². The fourth-order valence-corrected chi connectivity index (χ4v) is 2.78. The van der Waals surface area contributed by atoms with Gasteiger partial charge in [-0.1, -0.05) is 11.6 Å². The monoisotopic (exact) mass is 435 g/mol. The smallest absolute Gasteiger partial charge is 0.341 e. The molecule has 3 rings (SSSR count). The number of amides is 1. The zero-order valence-corrected chi connectivity index (χ0v) is 16.3. The van der Waals surface area contributed by atoms with Crippen LogP contribution in [-0.4, -0.2) is 30.6 Å². The molecule has 0 unspecified atom stereocenters. The number of aromatic nitrogens is 5. The van der Waals surface area contributed by atoms with Crippen molar-refractivity contribution in [1.82, 2.24) is 30.0 Å². The first-order valence-electron chi connectivity index (χ1n) is 8.44. The predicted octanol–water partition coefficient (Wildman–Crippen LogP) is 3.40. The van der Waals surface area contributed by atoms with Gasteiger partial charge in [0.2, 0.25) is 0 Å². The van der Waals surface area contributed by atoms with Crippen LogP contribution in [0.3, 0.4) is 0 Å². The number of alkyl halides is 3. The maximum atomic E-state index is 13.0. The Kier molecular flexibility index (Phi) is 5.71. The molecule has 0 saturated heterocycles. The van der Waals surface area contributed by atoms with E-state index in [1.807, 2.05) is 6.07 Å². The van der Waals surface area contributed by atoms with Gasteiger partial charge in [-0.15, -0.1) is 5.10 Å². The molecule has 1 N–H and O–H groups in total. The molecule has 3 aromatic rings. The van der Waals surface area contributed by atoms with E-state index in [2.05, 4.69) is 25.4 Å². The van der Waals surface area contributed by atoms with Crippen molar-refractivity contribution in [2.75, 3.05) is 0 Å². The van der Waals surface area contributed by atoms with Gasteiger partial charge < -0.3 is 5.32 Å². The second-order valence-electron chi connectivity index (χ2n) is 6.20. The molecule has 8 nitrogen and oxygen atoms in total. The van der Waals surface area contributed by atoms with Crippen molar-refractivity contribution in [2.24, 2.45) is 0 Å². The average Bonchev–Trinajstić information content (AvgIpc) is 3.08. The standard InChI is InChI=1S/C18H13ClF3N7O/c1-9(25-17(30)13-5-12(18(20,21)22)6-14(19)27-13)16-26-10(2)28-29(16)15-4-3-11(7-23)8-24-15/h3-6,8-9H,1-2H3,(H,25,30)/t9-/m0/s1. The molecule has 0 aliphatic rings. The number of hydrogen-bond donors (Lipinski definition) is 1. The molecule has 0 radical (unpaired) electrons. The summed E-state index contributed by atoms with van der Waals surface area (Å²) in [6.07, 6.45) is -3.32. The van der Waals surface area contributed by atoms with Crippen molar-refractivity contribution in [3.05, 3.63) is 64.1 Å². The lowest BCUT2D eigenvalue weighted by Crippen LogP contribution is -2.30. The van der Waals surface area contributed by atoms with E-state index in [1.165, 1.54) is 10.9 Å². The number of carbonyl (C=O) groups excluding carboxylic acids is 1. The Morgan fingerprint density at radius 3 is 2.63 bits per heavy atom. The molecular formula is C18H13ClF3N7O. The van der Waals surface area contributed by atoms with E-state index in [1.54, 1.807) is 26.0 Å². The van der Waals surface area contributed by atoms with Crippen LogP contribution in [0.5, 0.6) is 0 Å². The summed E-state index contributed by atoms with van der Waals surface area (Å²) in [5.74, 6) is 0.162. The Morgan fingerprint density at radius 1 is 1.30 bits per heavy atom. The van der Waals surface area contributed by atoms with Crippen molar-refractivity contribution >= 4 is 17.5 Å². The van der Waals surface area contributed by atoms with Gasteiger partial charge in [-0.2, -0.15) is 23.1 Å². The third-order valence-corrected chi connectivity index (χ3v) is 4.11. The maximum absolute atomic E-state index is 13.0. The summed E-state index contributed by atoms with van der Waals surface area (Å²) in [6, 6.07) is 5.54. The van der Waals surface area contributed by atoms with Gasteiger partial charge in [-0.3, -0.25) is 4.79 Å². The van der Waals surface area contributed by atoms with Crippen molar-refractivity contribution < 1.29 is 18.0 Å². The zero-order valence-electron chi connectivity index (χ0n) is 15.6. The van der Waals surface area contributed by atoms with Gasteiger partial charge in [0.1, 0.15) is 22.7 Å². The molecule has 1 atom stereocenters. The van der Waals surface area contributed by atoms with Gasteiger partial charge in [0, 0.05) is 6.20 Å². The molecule has 12 heteroatoms. The fraction of sp³-hybridized carbons (Fsp3) is 0.222. The van der Waals surface area contributed by atoms with Crippen LogP contribution in [0.2, 0.25) is 5.15 Å².